The van der Waals surface area contributed by atoms with E-state index < -0.39 is 0 Å². The molecule has 0 amide bonds. The Kier molecular flexibility index (Phi) is 4.98. The van der Waals surface area contributed by atoms with Crippen LogP contribution in [0, 0.1) is 6.92 Å². The Bertz CT molecular complexity index is 607. The minimum Gasteiger partial charge on any atom is -0.462 e. The van der Waals surface area contributed by atoms with E-state index in [0.29, 0.717) is 11.5 Å². The van der Waals surface area contributed by atoms with Crippen molar-refractivity contribution in [3.05, 3.63) is 28.6 Å². The minimum absolute atomic E-state index is 0.226. The lowest BCUT2D eigenvalue weighted by Crippen LogP contribution is -2.17. The highest BCUT2D eigenvalue weighted by atomic mass is 32.1. The molecule has 1 aromatic carbocycles. The van der Waals surface area contributed by atoms with Gasteiger partial charge in [-0.25, -0.2) is 4.79 Å². The number of thiophene rings is 1. The SMILES string of the molecule is CCOC(=O)c1sc2cc(NCCNC)ccc2c1C. The van der Waals surface area contributed by atoms with E-state index in [4.69, 9.17) is 4.74 Å². The van der Waals surface area contributed by atoms with Crippen LogP contribution < -0.4 is 10.6 Å². The van der Waals surface area contributed by atoms with Crippen molar-refractivity contribution >= 4 is 33.1 Å². The van der Waals surface area contributed by atoms with Gasteiger partial charge in [0.2, 0.25) is 0 Å². The average molecular weight is 292 g/mol. The summed E-state index contributed by atoms with van der Waals surface area (Å²) in [6.07, 6.45) is 0. The van der Waals surface area contributed by atoms with Gasteiger partial charge in [-0.3, -0.25) is 0 Å². The zero-order chi connectivity index (χ0) is 14.5. The summed E-state index contributed by atoms with van der Waals surface area (Å²) in [5.74, 6) is -0.226. The van der Waals surface area contributed by atoms with Crippen LogP contribution in [0.15, 0.2) is 18.2 Å². The Morgan fingerprint density at radius 3 is 2.85 bits per heavy atom. The molecule has 0 aliphatic heterocycles. The fourth-order valence-electron chi connectivity index (χ4n) is 2.06. The maximum Gasteiger partial charge on any atom is 0.348 e. The van der Waals surface area contributed by atoms with Gasteiger partial charge in [0.1, 0.15) is 4.88 Å². The molecule has 0 radical (unpaired) electrons. The predicted molar refractivity (Wildman–Crippen MR) is 84.9 cm³/mol. The Morgan fingerprint density at radius 2 is 2.15 bits per heavy atom. The summed E-state index contributed by atoms with van der Waals surface area (Å²) < 4.78 is 6.21. The largest absolute Gasteiger partial charge is 0.462 e. The summed E-state index contributed by atoms with van der Waals surface area (Å²) in [6, 6.07) is 6.20. The van der Waals surface area contributed by atoms with Gasteiger partial charge in [-0.15, -0.1) is 11.3 Å². The fraction of sp³-hybridized carbons (Fsp3) is 0.400. The molecule has 0 fully saturated rings. The molecule has 1 aromatic heterocycles. The van der Waals surface area contributed by atoms with E-state index in [1.165, 1.54) is 11.3 Å². The minimum atomic E-state index is -0.226. The van der Waals surface area contributed by atoms with Gasteiger partial charge in [0, 0.05) is 23.5 Å². The summed E-state index contributed by atoms with van der Waals surface area (Å²) in [6.45, 7) is 5.99. The Balaban J connectivity index is 2.27. The molecule has 0 bridgehead atoms. The summed E-state index contributed by atoms with van der Waals surface area (Å²) in [5, 5.41) is 7.57. The lowest BCUT2D eigenvalue weighted by atomic mass is 10.1. The number of benzene rings is 1. The number of anilines is 1. The number of nitrogens with one attached hydrogen (secondary N) is 2. The number of hydrogen-bond acceptors (Lipinski definition) is 5. The van der Waals surface area contributed by atoms with Gasteiger partial charge in [-0.1, -0.05) is 6.07 Å². The van der Waals surface area contributed by atoms with Crippen LogP contribution in [0.5, 0.6) is 0 Å². The lowest BCUT2D eigenvalue weighted by molar-refractivity contribution is 0.0531. The van der Waals surface area contributed by atoms with Gasteiger partial charge in [0.15, 0.2) is 0 Å². The van der Waals surface area contributed by atoms with Crippen molar-refractivity contribution in [2.45, 2.75) is 13.8 Å². The molecule has 0 atom stereocenters. The molecule has 0 spiro atoms. The highest BCUT2D eigenvalue weighted by molar-refractivity contribution is 7.21. The summed E-state index contributed by atoms with van der Waals surface area (Å²) in [5.41, 5.74) is 2.08. The third kappa shape index (κ3) is 3.11. The molecule has 1 heterocycles. The van der Waals surface area contributed by atoms with Crippen LogP contribution in [0.1, 0.15) is 22.2 Å². The fourth-order valence-corrected chi connectivity index (χ4v) is 3.20. The number of carbonyl (C=O) groups is 1. The van der Waals surface area contributed by atoms with Gasteiger partial charge in [0.05, 0.1) is 6.61 Å². The van der Waals surface area contributed by atoms with Gasteiger partial charge in [-0.05, 0) is 44.0 Å². The molecule has 108 valence electrons. The number of rotatable bonds is 6. The maximum absolute atomic E-state index is 11.9. The first-order valence-corrected chi connectivity index (χ1v) is 7.57. The number of aryl methyl sites for hydroxylation is 1. The van der Waals surface area contributed by atoms with E-state index in [9.17, 15) is 4.79 Å². The topological polar surface area (TPSA) is 50.4 Å². The molecule has 0 unspecified atom stereocenters. The number of carbonyl (C=O) groups excluding carboxylic acids is 1. The molecule has 0 saturated carbocycles. The second-order valence-electron chi connectivity index (χ2n) is 4.52. The molecule has 2 rings (SSSR count). The zero-order valence-corrected chi connectivity index (χ0v) is 12.9. The second kappa shape index (κ2) is 6.72. The van der Waals surface area contributed by atoms with Crippen LogP contribution in [-0.2, 0) is 4.74 Å². The summed E-state index contributed by atoms with van der Waals surface area (Å²) in [7, 11) is 1.93. The number of esters is 1. The predicted octanol–water partition coefficient (Wildman–Crippen LogP) is 3.02. The molecule has 0 saturated heterocycles. The Hall–Kier alpha value is -1.59. The van der Waals surface area contributed by atoms with E-state index >= 15 is 0 Å². The van der Waals surface area contributed by atoms with Crippen LogP contribution in [-0.4, -0.2) is 32.7 Å². The first kappa shape index (κ1) is 14.8. The van der Waals surface area contributed by atoms with E-state index in [1.807, 2.05) is 27.0 Å². The third-order valence-electron chi connectivity index (χ3n) is 3.10. The highest BCUT2D eigenvalue weighted by Crippen LogP contribution is 2.33. The molecule has 20 heavy (non-hydrogen) atoms. The highest BCUT2D eigenvalue weighted by Gasteiger charge is 2.16. The molecule has 0 aliphatic rings. The Labute approximate surface area is 123 Å². The number of likely N-dealkylation sites (N-methyl/N-ethyl adjacent to an activating group) is 1. The second-order valence-corrected chi connectivity index (χ2v) is 5.57. The van der Waals surface area contributed by atoms with Gasteiger partial charge in [-0.2, -0.15) is 0 Å². The van der Waals surface area contributed by atoms with Gasteiger partial charge in [0.25, 0.3) is 0 Å². The molecule has 2 N–H and O–H groups in total. The smallest absolute Gasteiger partial charge is 0.348 e. The molecule has 5 heteroatoms. The average Bonchev–Trinajstić information content (AvgIpc) is 2.76. The molecule has 0 aliphatic carbocycles. The van der Waals surface area contributed by atoms with E-state index in [2.05, 4.69) is 22.8 Å². The van der Waals surface area contributed by atoms with Gasteiger partial charge >= 0.3 is 5.97 Å². The van der Waals surface area contributed by atoms with Crippen LogP contribution in [0.25, 0.3) is 10.1 Å². The van der Waals surface area contributed by atoms with Crippen LogP contribution in [0.3, 0.4) is 0 Å². The summed E-state index contributed by atoms with van der Waals surface area (Å²) in [4.78, 5) is 12.6. The van der Waals surface area contributed by atoms with Crippen molar-refractivity contribution < 1.29 is 9.53 Å². The van der Waals surface area contributed by atoms with Crippen molar-refractivity contribution in [3.63, 3.8) is 0 Å². The maximum atomic E-state index is 11.9. The van der Waals surface area contributed by atoms with Crippen LogP contribution in [0.2, 0.25) is 0 Å². The van der Waals surface area contributed by atoms with Crippen LogP contribution in [0.4, 0.5) is 5.69 Å². The molecule has 4 nitrogen and oxygen atoms in total. The number of fused-ring (bicyclic) bond motifs is 1. The first-order valence-electron chi connectivity index (χ1n) is 6.76. The van der Waals surface area contributed by atoms with Crippen LogP contribution >= 0.6 is 11.3 Å². The van der Waals surface area contributed by atoms with Crippen molar-refractivity contribution in [1.29, 1.82) is 0 Å². The normalized spacial score (nSPS) is 10.8. The third-order valence-corrected chi connectivity index (χ3v) is 4.34. The standard InChI is InChI=1S/C15H20N2O2S/c1-4-19-15(18)14-10(2)12-6-5-11(9-13(12)20-14)17-8-7-16-3/h5-6,9,16-17H,4,7-8H2,1-3H3. The quantitative estimate of drug-likeness (QED) is 0.635. The molecular formula is C15H20N2O2S. The van der Waals surface area contributed by atoms with E-state index in [1.54, 1.807) is 0 Å². The first-order chi connectivity index (χ1) is 9.67. The van der Waals surface area contributed by atoms with E-state index in [-0.39, 0.29) is 5.97 Å². The molecule has 2 aromatic rings. The van der Waals surface area contributed by atoms with E-state index in [0.717, 1.165) is 34.4 Å². The van der Waals surface area contributed by atoms with Crippen molar-refractivity contribution in [2.75, 3.05) is 32.1 Å². The number of ether oxygens (including phenoxy) is 1. The number of hydrogen-bond donors (Lipinski definition) is 2. The van der Waals surface area contributed by atoms with Crippen molar-refractivity contribution in [1.82, 2.24) is 5.32 Å². The van der Waals surface area contributed by atoms with Crippen molar-refractivity contribution in [3.8, 4) is 0 Å². The monoisotopic (exact) mass is 292 g/mol. The molecular weight excluding hydrogens is 272 g/mol. The Morgan fingerprint density at radius 1 is 1.35 bits per heavy atom. The van der Waals surface area contributed by atoms with Gasteiger partial charge < -0.3 is 15.4 Å². The van der Waals surface area contributed by atoms with Crippen molar-refractivity contribution in [2.24, 2.45) is 0 Å². The summed E-state index contributed by atoms with van der Waals surface area (Å²) >= 11 is 1.50. The lowest BCUT2D eigenvalue weighted by Gasteiger charge is -2.05. The zero-order valence-electron chi connectivity index (χ0n) is 12.1.